The van der Waals surface area contributed by atoms with Crippen LogP contribution in [0.4, 0.5) is 0 Å². The van der Waals surface area contributed by atoms with E-state index < -0.39 is 0 Å². The van der Waals surface area contributed by atoms with Crippen LogP contribution in [0.1, 0.15) is 17.3 Å². The number of nitrogens with two attached hydrogens (primary N) is 1. The topological polar surface area (TPSA) is 61.6 Å². The fraction of sp³-hybridized carbons (Fsp3) is 0.364. The van der Waals surface area contributed by atoms with E-state index in [1.165, 1.54) is 0 Å². The maximum Gasteiger partial charge on any atom is 0.338 e. The zero-order chi connectivity index (χ0) is 11.1. The molecule has 4 nitrogen and oxygen atoms in total. The smallest absolute Gasteiger partial charge is 0.338 e. The quantitative estimate of drug-likeness (QED) is 0.449. The van der Waals surface area contributed by atoms with E-state index in [0.717, 1.165) is 0 Å². The Labute approximate surface area is 89.0 Å². The highest BCUT2D eigenvalue weighted by molar-refractivity contribution is 5.89. The molecular weight excluding hydrogens is 194 g/mol. The number of carbonyl (C=O) groups excluding carboxylic acids is 1. The second kappa shape index (κ2) is 6.16. The monoisotopic (exact) mass is 209 g/mol. The minimum Gasteiger partial charge on any atom is -0.460 e. The van der Waals surface area contributed by atoms with Gasteiger partial charge in [0, 0.05) is 0 Å². The number of hydrogen-bond acceptors (Lipinski definition) is 4. The molecule has 1 atom stereocenters. The summed E-state index contributed by atoms with van der Waals surface area (Å²) in [5.74, 6) is -0.344. The van der Waals surface area contributed by atoms with Crippen molar-refractivity contribution in [1.29, 1.82) is 0 Å². The van der Waals surface area contributed by atoms with Crippen molar-refractivity contribution in [2.45, 2.75) is 13.2 Å². The molecule has 1 rings (SSSR count). The van der Waals surface area contributed by atoms with E-state index in [2.05, 4.69) is 0 Å². The third-order valence-corrected chi connectivity index (χ3v) is 1.71. The molecule has 15 heavy (non-hydrogen) atoms. The van der Waals surface area contributed by atoms with Crippen molar-refractivity contribution in [2.24, 2.45) is 5.73 Å². The molecule has 1 aromatic rings. The molecule has 0 aromatic heterocycles. The van der Waals surface area contributed by atoms with Crippen molar-refractivity contribution in [1.82, 2.24) is 0 Å². The Morgan fingerprint density at radius 1 is 1.33 bits per heavy atom. The van der Waals surface area contributed by atoms with Crippen molar-refractivity contribution < 1.29 is 14.3 Å². The summed E-state index contributed by atoms with van der Waals surface area (Å²) in [6, 6.07) is 8.82. The summed E-state index contributed by atoms with van der Waals surface area (Å²) in [7, 11) is 0. The van der Waals surface area contributed by atoms with Gasteiger partial charge in [0.05, 0.1) is 12.2 Å². The van der Waals surface area contributed by atoms with Crippen molar-refractivity contribution in [2.75, 3.05) is 13.2 Å². The van der Waals surface area contributed by atoms with Crippen LogP contribution < -0.4 is 5.73 Å². The lowest BCUT2D eigenvalue weighted by atomic mass is 10.2. The SMILES string of the molecule is CC(N)OCCOC(=O)c1ccccc1. The second-order valence-electron chi connectivity index (χ2n) is 3.08. The molecule has 1 aromatic carbocycles. The lowest BCUT2D eigenvalue weighted by molar-refractivity contribution is 0.0147. The van der Waals surface area contributed by atoms with E-state index in [9.17, 15) is 4.79 Å². The first-order valence-electron chi connectivity index (χ1n) is 4.79. The molecule has 0 saturated carbocycles. The molecule has 82 valence electrons. The van der Waals surface area contributed by atoms with Crippen LogP contribution in [-0.2, 0) is 9.47 Å². The molecule has 0 aliphatic carbocycles. The van der Waals surface area contributed by atoms with Gasteiger partial charge >= 0.3 is 5.97 Å². The Morgan fingerprint density at radius 3 is 2.60 bits per heavy atom. The standard InChI is InChI=1S/C11H15NO3/c1-9(12)14-7-8-15-11(13)10-5-3-2-4-6-10/h2-6,9H,7-8,12H2,1H3. The number of esters is 1. The van der Waals surface area contributed by atoms with Gasteiger partial charge in [-0.25, -0.2) is 4.79 Å². The fourth-order valence-corrected chi connectivity index (χ4v) is 1.03. The van der Waals surface area contributed by atoms with Gasteiger partial charge in [-0.3, -0.25) is 0 Å². The van der Waals surface area contributed by atoms with Gasteiger partial charge in [-0.1, -0.05) is 18.2 Å². The summed E-state index contributed by atoms with van der Waals surface area (Å²) in [5.41, 5.74) is 5.90. The summed E-state index contributed by atoms with van der Waals surface area (Å²) in [6.07, 6.45) is -0.333. The normalized spacial score (nSPS) is 12.1. The lowest BCUT2D eigenvalue weighted by Gasteiger charge is -2.08. The predicted molar refractivity (Wildman–Crippen MR) is 56.3 cm³/mol. The van der Waals surface area contributed by atoms with Gasteiger partial charge < -0.3 is 15.2 Å². The number of hydrogen-bond donors (Lipinski definition) is 1. The molecule has 0 saturated heterocycles. The summed E-state index contributed by atoms with van der Waals surface area (Å²) >= 11 is 0. The van der Waals surface area contributed by atoms with E-state index in [0.29, 0.717) is 12.2 Å². The van der Waals surface area contributed by atoms with Gasteiger partial charge in [0.2, 0.25) is 0 Å². The summed E-state index contributed by atoms with van der Waals surface area (Å²) < 4.78 is 9.99. The van der Waals surface area contributed by atoms with Crippen LogP contribution in [0.3, 0.4) is 0 Å². The molecule has 0 aliphatic rings. The zero-order valence-electron chi connectivity index (χ0n) is 8.68. The van der Waals surface area contributed by atoms with E-state index in [1.54, 1.807) is 31.2 Å². The van der Waals surface area contributed by atoms with E-state index in [4.69, 9.17) is 15.2 Å². The molecule has 2 N–H and O–H groups in total. The van der Waals surface area contributed by atoms with Crippen LogP contribution in [0.25, 0.3) is 0 Å². The third-order valence-electron chi connectivity index (χ3n) is 1.71. The second-order valence-corrected chi connectivity index (χ2v) is 3.08. The highest BCUT2D eigenvalue weighted by Crippen LogP contribution is 2.00. The molecule has 0 aliphatic heterocycles. The van der Waals surface area contributed by atoms with Crippen LogP contribution in [0.5, 0.6) is 0 Å². The molecule has 0 amide bonds. The Morgan fingerprint density at radius 2 is 2.00 bits per heavy atom. The van der Waals surface area contributed by atoms with E-state index in [-0.39, 0.29) is 18.8 Å². The highest BCUT2D eigenvalue weighted by atomic mass is 16.6. The van der Waals surface area contributed by atoms with Crippen LogP contribution in [0.15, 0.2) is 30.3 Å². The Kier molecular flexibility index (Phi) is 4.80. The first-order chi connectivity index (χ1) is 7.20. The molecule has 0 spiro atoms. The first kappa shape index (κ1) is 11.7. The number of benzene rings is 1. The summed E-state index contributed by atoms with van der Waals surface area (Å²) in [4.78, 5) is 11.4. The lowest BCUT2D eigenvalue weighted by Crippen LogP contribution is -2.22. The molecule has 0 radical (unpaired) electrons. The third kappa shape index (κ3) is 4.58. The van der Waals surface area contributed by atoms with Gasteiger partial charge in [-0.2, -0.15) is 0 Å². The Balaban J connectivity index is 2.25. The van der Waals surface area contributed by atoms with Crippen molar-refractivity contribution >= 4 is 5.97 Å². The van der Waals surface area contributed by atoms with E-state index >= 15 is 0 Å². The average Bonchev–Trinajstić information content (AvgIpc) is 2.25. The number of ether oxygens (including phenoxy) is 2. The van der Waals surface area contributed by atoms with E-state index in [1.807, 2.05) is 6.07 Å². The van der Waals surface area contributed by atoms with Crippen LogP contribution in [-0.4, -0.2) is 25.4 Å². The van der Waals surface area contributed by atoms with Gasteiger partial charge in [0.1, 0.15) is 12.8 Å². The van der Waals surface area contributed by atoms with Crippen LogP contribution in [0, 0.1) is 0 Å². The first-order valence-corrected chi connectivity index (χ1v) is 4.79. The molecule has 0 fully saturated rings. The average molecular weight is 209 g/mol. The fourth-order valence-electron chi connectivity index (χ4n) is 1.03. The maximum atomic E-state index is 11.4. The van der Waals surface area contributed by atoms with Gasteiger partial charge in [-0.15, -0.1) is 0 Å². The highest BCUT2D eigenvalue weighted by Gasteiger charge is 2.05. The largest absolute Gasteiger partial charge is 0.460 e. The molecular formula is C11H15NO3. The predicted octanol–water partition coefficient (Wildman–Crippen LogP) is 1.16. The van der Waals surface area contributed by atoms with Gasteiger partial charge in [0.15, 0.2) is 0 Å². The minimum atomic E-state index is -0.344. The van der Waals surface area contributed by atoms with Gasteiger partial charge in [-0.05, 0) is 19.1 Å². The molecule has 1 unspecified atom stereocenters. The van der Waals surface area contributed by atoms with Crippen LogP contribution >= 0.6 is 0 Å². The zero-order valence-corrected chi connectivity index (χ0v) is 8.68. The summed E-state index contributed by atoms with van der Waals surface area (Å²) in [5, 5.41) is 0. The van der Waals surface area contributed by atoms with Gasteiger partial charge in [0.25, 0.3) is 0 Å². The molecule has 0 bridgehead atoms. The number of rotatable bonds is 5. The summed E-state index contributed by atoms with van der Waals surface area (Å²) in [6.45, 7) is 2.25. The maximum absolute atomic E-state index is 11.4. The Bertz CT molecular complexity index is 298. The van der Waals surface area contributed by atoms with Crippen molar-refractivity contribution in [3.05, 3.63) is 35.9 Å². The van der Waals surface area contributed by atoms with Crippen LogP contribution in [0.2, 0.25) is 0 Å². The Hall–Kier alpha value is -1.39. The van der Waals surface area contributed by atoms with Crippen molar-refractivity contribution in [3.63, 3.8) is 0 Å². The van der Waals surface area contributed by atoms with Crippen molar-refractivity contribution in [3.8, 4) is 0 Å². The molecule has 4 heteroatoms. The number of carbonyl (C=O) groups is 1. The molecule has 0 heterocycles. The minimum absolute atomic E-state index is 0.218.